The molecule has 0 bridgehead atoms. The number of hydrogen-bond acceptors (Lipinski definition) is 4. The van der Waals surface area contributed by atoms with Gasteiger partial charge in [-0.1, -0.05) is 18.2 Å². The van der Waals surface area contributed by atoms with E-state index >= 15 is 0 Å². The summed E-state index contributed by atoms with van der Waals surface area (Å²) in [4.78, 5) is 40.5. The minimum Gasteiger partial charge on any atom is -0.481 e. The fourth-order valence-electron chi connectivity index (χ4n) is 3.24. The maximum absolute atomic E-state index is 12.9. The summed E-state index contributed by atoms with van der Waals surface area (Å²) >= 11 is 0. The molecule has 138 valence electrons. The number of H-pyrrole nitrogens is 1. The number of aliphatic carboxylic acids is 1. The van der Waals surface area contributed by atoms with Crippen LogP contribution in [0.1, 0.15) is 25.8 Å². The molecule has 1 saturated heterocycles. The Morgan fingerprint density at radius 3 is 2.81 bits per heavy atom. The molecule has 1 atom stereocenters. The van der Waals surface area contributed by atoms with Gasteiger partial charge in [-0.3, -0.25) is 14.4 Å². The van der Waals surface area contributed by atoms with Crippen molar-refractivity contribution in [1.29, 1.82) is 0 Å². The average Bonchev–Trinajstić information content (AvgIpc) is 2.56. The van der Waals surface area contributed by atoms with Crippen molar-refractivity contribution < 1.29 is 19.4 Å². The predicted octanol–water partition coefficient (Wildman–Crippen LogP) is 1.55. The average molecular weight is 358 g/mol. The molecule has 1 aromatic carbocycles. The highest BCUT2D eigenvalue weighted by Crippen LogP contribution is 2.24. The molecule has 3 rings (SSSR count). The summed E-state index contributed by atoms with van der Waals surface area (Å²) in [7, 11) is 0. The van der Waals surface area contributed by atoms with E-state index in [-0.39, 0.29) is 37.5 Å². The summed E-state index contributed by atoms with van der Waals surface area (Å²) < 4.78 is 5.57. The third kappa shape index (κ3) is 3.77. The van der Waals surface area contributed by atoms with E-state index in [1.807, 2.05) is 38.1 Å². The second-order valence-electron chi connectivity index (χ2n) is 7.24. The van der Waals surface area contributed by atoms with Gasteiger partial charge in [-0.15, -0.1) is 0 Å². The van der Waals surface area contributed by atoms with Crippen LogP contribution < -0.4 is 5.56 Å². The Bertz CT molecular complexity index is 902. The van der Waals surface area contributed by atoms with Gasteiger partial charge in [0.1, 0.15) is 0 Å². The molecule has 26 heavy (non-hydrogen) atoms. The van der Waals surface area contributed by atoms with Gasteiger partial charge in [0, 0.05) is 17.6 Å². The van der Waals surface area contributed by atoms with E-state index in [1.54, 1.807) is 11.0 Å². The molecule has 0 spiro atoms. The summed E-state index contributed by atoms with van der Waals surface area (Å²) in [6.45, 7) is 4.19. The van der Waals surface area contributed by atoms with Gasteiger partial charge in [0.2, 0.25) is 5.91 Å². The van der Waals surface area contributed by atoms with Crippen LogP contribution in [-0.4, -0.2) is 51.7 Å². The van der Waals surface area contributed by atoms with Crippen molar-refractivity contribution >= 4 is 22.8 Å². The van der Waals surface area contributed by atoms with Crippen molar-refractivity contribution in [2.24, 2.45) is 0 Å². The van der Waals surface area contributed by atoms with E-state index in [2.05, 4.69) is 4.98 Å². The van der Waals surface area contributed by atoms with E-state index in [1.165, 1.54) is 0 Å². The summed E-state index contributed by atoms with van der Waals surface area (Å²) in [5.74, 6) is -1.18. The second kappa shape index (κ2) is 6.92. The van der Waals surface area contributed by atoms with Gasteiger partial charge < -0.3 is 19.7 Å². The molecule has 1 amide bonds. The van der Waals surface area contributed by atoms with E-state index < -0.39 is 17.6 Å². The summed E-state index contributed by atoms with van der Waals surface area (Å²) in [6, 6.07) is 9.12. The first-order valence-corrected chi connectivity index (χ1v) is 8.51. The smallest absolute Gasteiger partial charge is 0.306 e. The Morgan fingerprint density at radius 1 is 1.35 bits per heavy atom. The van der Waals surface area contributed by atoms with Crippen LogP contribution in [0.15, 0.2) is 35.1 Å². The number of fused-ring (bicyclic) bond motifs is 1. The molecule has 1 aromatic heterocycles. The lowest BCUT2D eigenvalue weighted by Crippen LogP contribution is -2.59. The maximum atomic E-state index is 12.9. The number of nitrogens with one attached hydrogen (secondary N) is 1. The third-order valence-electron chi connectivity index (χ3n) is 4.66. The molecule has 1 fully saturated rings. The number of amides is 1. The topological polar surface area (TPSA) is 99.7 Å². The molecule has 7 nitrogen and oxygen atoms in total. The number of ether oxygens (including phenoxy) is 1. The van der Waals surface area contributed by atoms with Crippen molar-refractivity contribution in [2.45, 2.75) is 38.3 Å². The van der Waals surface area contributed by atoms with Gasteiger partial charge in [0.15, 0.2) is 0 Å². The first-order valence-electron chi connectivity index (χ1n) is 8.51. The summed E-state index contributed by atoms with van der Waals surface area (Å²) in [5.41, 5.74) is 0.272. The highest BCUT2D eigenvalue weighted by atomic mass is 16.5. The maximum Gasteiger partial charge on any atom is 0.306 e. The van der Waals surface area contributed by atoms with Crippen LogP contribution in [0.25, 0.3) is 10.9 Å². The van der Waals surface area contributed by atoms with E-state index in [4.69, 9.17) is 9.84 Å². The van der Waals surface area contributed by atoms with Crippen LogP contribution >= 0.6 is 0 Å². The zero-order valence-electron chi connectivity index (χ0n) is 14.8. The van der Waals surface area contributed by atoms with Crippen LogP contribution in [0.3, 0.4) is 0 Å². The quantitative estimate of drug-likeness (QED) is 0.864. The Hall–Kier alpha value is -2.67. The summed E-state index contributed by atoms with van der Waals surface area (Å²) in [5, 5.41) is 9.82. The zero-order valence-corrected chi connectivity index (χ0v) is 14.8. The highest BCUT2D eigenvalue weighted by molar-refractivity contribution is 5.83. The number of nitrogens with zero attached hydrogens (tertiary/aromatic N) is 1. The first-order chi connectivity index (χ1) is 12.3. The van der Waals surface area contributed by atoms with Crippen molar-refractivity contribution in [3.8, 4) is 0 Å². The second-order valence-corrected chi connectivity index (χ2v) is 7.24. The number of morpholine rings is 1. The number of benzene rings is 1. The number of carbonyl (C=O) groups is 2. The van der Waals surface area contributed by atoms with Crippen molar-refractivity contribution in [2.75, 3.05) is 13.2 Å². The van der Waals surface area contributed by atoms with E-state index in [0.29, 0.717) is 5.56 Å². The fourth-order valence-corrected chi connectivity index (χ4v) is 3.24. The van der Waals surface area contributed by atoms with Crippen LogP contribution in [0.5, 0.6) is 0 Å². The van der Waals surface area contributed by atoms with Gasteiger partial charge in [-0.05, 0) is 31.4 Å². The minimum absolute atomic E-state index is 0.0383. The lowest BCUT2D eigenvalue weighted by molar-refractivity contribution is -0.160. The molecular weight excluding hydrogens is 336 g/mol. The highest BCUT2D eigenvalue weighted by Gasteiger charge is 2.38. The number of carboxylic acid groups (broad SMARTS) is 1. The Morgan fingerprint density at radius 2 is 2.08 bits per heavy atom. The van der Waals surface area contributed by atoms with Gasteiger partial charge in [-0.25, -0.2) is 0 Å². The Labute approximate surface area is 150 Å². The SMILES string of the molecule is CC1(C)COC(CC(=O)O)CN1C(=O)Cc1cc2ccccc2[nH]c1=O. The van der Waals surface area contributed by atoms with Crippen molar-refractivity contribution in [3.05, 3.63) is 46.2 Å². The molecule has 2 heterocycles. The zero-order chi connectivity index (χ0) is 18.9. The van der Waals surface area contributed by atoms with Gasteiger partial charge in [0.25, 0.3) is 5.56 Å². The number of aromatic nitrogens is 1. The van der Waals surface area contributed by atoms with Crippen LogP contribution in [0.2, 0.25) is 0 Å². The van der Waals surface area contributed by atoms with E-state index in [9.17, 15) is 14.4 Å². The lowest BCUT2D eigenvalue weighted by Gasteiger charge is -2.45. The van der Waals surface area contributed by atoms with Crippen LogP contribution in [0, 0.1) is 0 Å². The molecule has 2 aromatic rings. The van der Waals surface area contributed by atoms with E-state index in [0.717, 1.165) is 10.9 Å². The number of hydrogen-bond donors (Lipinski definition) is 2. The number of aromatic amines is 1. The summed E-state index contributed by atoms with van der Waals surface area (Å²) in [6.07, 6.45) is -0.737. The number of para-hydroxylation sites is 1. The minimum atomic E-state index is -0.965. The van der Waals surface area contributed by atoms with Gasteiger partial charge in [0.05, 0.1) is 31.1 Å². The van der Waals surface area contributed by atoms with Crippen molar-refractivity contribution in [3.63, 3.8) is 0 Å². The Balaban J connectivity index is 1.82. The van der Waals surface area contributed by atoms with Gasteiger partial charge in [-0.2, -0.15) is 0 Å². The van der Waals surface area contributed by atoms with Crippen LogP contribution in [-0.2, 0) is 20.7 Å². The molecular formula is C19H22N2O5. The number of pyridine rings is 1. The van der Waals surface area contributed by atoms with Crippen molar-refractivity contribution in [1.82, 2.24) is 9.88 Å². The number of carboxylic acids is 1. The van der Waals surface area contributed by atoms with Crippen LogP contribution in [0.4, 0.5) is 0 Å². The van der Waals surface area contributed by atoms with Gasteiger partial charge >= 0.3 is 5.97 Å². The molecule has 7 heteroatoms. The normalized spacial score (nSPS) is 19.5. The largest absolute Gasteiger partial charge is 0.481 e. The molecule has 0 radical (unpaired) electrons. The molecule has 0 aliphatic carbocycles. The Kier molecular flexibility index (Phi) is 4.82. The molecule has 0 saturated carbocycles. The molecule has 1 aliphatic heterocycles. The first kappa shape index (κ1) is 18.1. The number of carbonyl (C=O) groups excluding carboxylic acids is 1. The monoisotopic (exact) mass is 358 g/mol. The number of rotatable bonds is 4. The molecule has 2 N–H and O–H groups in total. The molecule has 1 unspecified atom stereocenters. The standard InChI is InChI=1S/C19H22N2O5/c1-19(2)11-26-14(9-17(23)24)10-21(19)16(22)8-13-7-12-5-3-4-6-15(12)20-18(13)25/h3-7,14H,8-11H2,1-2H3,(H,20,25)(H,23,24). The fraction of sp³-hybridized carbons (Fsp3) is 0.421. The lowest BCUT2D eigenvalue weighted by atomic mass is 9.98. The molecule has 1 aliphatic rings. The third-order valence-corrected chi connectivity index (χ3v) is 4.66. The predicted molar refractivity (Wildman–Crippen MR) is 96.1 cm³/mol.